The molecule has 0 atom stereocenters. The standard InChI is InChI=1S/C23H31ClN6O2/c1-28-10-11-29(20(31)14-28)17-8-6-16(7-9-17)26-23-25-13-15-12-19(24)22(32)30(21(15)27-23)18-4-2-3-5-18/h12-13,16-18H,2-11,14H2,1H3,(H,25,26,27). The molecule has 172 valence electrons. The SMILES string of the molecule is CN1CCN(C2CCC(Nc3ncc4cc(Cl)c(=O)n(C5CCCC5)c4n3)CC2)C(=O)C1. The molecule has 1 amide bonds. The van der Waals surface area contributed by atoms with Gasteiger partial charge in [0.25, 0.3) is 5.56 Å². The minimum absolute atomic E-state index is 0.156. The molecule has 0 aromatic carbocycles. The van der Waals surface area contributed by atoms with Crippen LogP contribution in [0.3, 0.4) is 0 Å². The predicted octanol–water partition coefficient (Wildman–Crippen LogP) is 3.06. The van der Waals surface area contributed by atoms with Gasteiger partial charge in [-0.1, -0.05) is 24.4 Å². The lowest BCUT2D eigenvalue weighted by Crippen LogP contribution is -2.54. The molecule has 2 aromatic rings. The van der Waals surface area contributed by atoms with Crippen LogP contribution in [-0.4, -0.2) is 69.0 Å². The summed E-state index contributed by atoms with van der Waals surface area (Å²) >= 11 is 6.23. The van der Waals surface area contributed by atoms with Crippen LogP contribution in [0.15, 0.2) is 17.1 Å². The molecule has 2 saturated carbocycles. The number of fused-ring (bicyclic) bond motifs is 1. The Bertz CT molecular complexity index is 1060. The fraction of sp³-hybridized carbons (Fsp3) is 0.652. The monoisotopic (exact) mass is 458 g/mol. The van der Waals surface area contributed by atoms with E-state index in [1.165, 1.54) is 0 Å². The normalized spacial score (nSPS) is 25.6. The number of anilines is 1. The van der Waals surface area contributed by atoms with E-state index in [0.29, 0.717) is 24.2 Å². The first kappa shape index (κ1) is 21.6. The Labute approximate surface area is 192 Å². The molecule has 1 saturated heterocycles. The molecule has 3 heterocycles. The number of aromatic nitrogens is 3. The van der Waals surface area contributed by atoms with Gasteiger partial charge in [-0.3, -0.25) is 19.1 Å². The molecule has 5 rings (SSSR count). The summed E-state index contributed by atoms with van der Waals surface area (Å²) in [6.45, 7) is 2.30. The van der Waals surface area contributed by atoms with Crippen molar-refractivity contribution in [2.24, 2.45) is 0 Å². The van der Waals surface area contributed by atoms with E-state index < -0.39 is 0 Å². The molecule has 9 heteroatoms. The average molecular weight is 459 g/mol. The smallest absolute Gasteiger partial charge is 0.271 e. The Morgan fingerprint density at radius 1 is 1.03 bits per heavy atom. The van der Waals surface area contributed by atoms with Gasteiger partial charge in [0.2, 0.25) is 11.9 Å². The fourth-order valence-electron chi connectivity index (χ4n) is 5.56. The second kappa shape index (κ2) is 8.98. The topological polar surface area (TPSA) is 83.4 Å². The van der Waals surface area contributed by atoms with E-state index in [1.807, 2.05) is 7.05 Å². The van der Waals surface area contributed by atoms with Gasteiger partial charge >= 0.3 is 0 Å². The second-order valence-corrected chi connectivity index (χ2v) is 9.96. The van der Waals surface area contributed by atoms with E-state index >= 15 is 0 Å². The van der Waals surface area contributed by atoms with Gasteiger partial charge in [-0.2, -0.15) is 4.98 Å². The van der Waals surface area contributed by atoms with Gasteiger partial charge in [0.15, 0.2) is 0 Å². The van der Waals surface area contributed by atoms with Crippen LogP contribution in [0.1, 0.15) is 57.4 Å². The summed E-state index contributed by atoms with van der Waals surface area (Å²) in [7, 11) is 2.00. The predicted molar refractivity (Wildman–Crippen MR) is 125 cm³/mol. The number of carbonyl (C=O) groups excluding carboxylic acids is 1. The third-order valence-electron chi connectivity index (χ3n) is 7.34. The van der Waals surface area contributed by atoms with Gasteiger partial charge in [-0.15, -0.1) is 0 Å². The fourth-order valence-corrected chi connectivity index (χ4v) is 5.77. The summed E-state index contributed by atoms with van der Waals surface area (Å²) in [6.07, 6.45) is 9.90. The second-order valence-electron chi connectivity index (χ2n) is 9.55. The summed E-state index contributed by atoms with van der Waals surface area (Å²) in [4.78, 5) is 38.6. The van der Waals surface area contributed by atoms with E-state index in [9.17, 15) is 9.59 Å². The number of amides is 1. The number of nitrogens with one attached hydrogen (secondary N) is 1. The molecule has 0 unspecified atom stereocenters. The molecule has 2 aliphatic carbocycles. The van der Waals surface area contributed by atoms with E-state index in [1.54, 1.807) is 16.8 Å². The first-order valence-corrected chi connectivity index (χ1v) is 12.2. The lowest BCUT2D eigenvalue weighted by molar-refractivity contribution is -0.138. The van der Waals surface area contributed by atoms with Gasteiger partial charge in [0.1, 0.15) is 10.7 Å². The summed E-state index contributed by atoms with van der Waals surface area (Å²) < 4.78 is 1.79. The number of likely N-dealkylation sites (N-methyl/N-ethyl adjacent to an activating group) is 1. The number of hydrogen-bond donors (Lipinski definition) is 1. The highest BCUT2D eigenvalue weighted by atomic mass is 35.5. The molecule has 2 aromatic heterocycles. The highest BCUT2D eigenvalue weighted by Crippen LogP contribution is 2.31. The van der Waals surface area contributed by atoms with Crippen LogP contribution in [0, 0.1) is 0 Å². The van der Waals surface area contributed by atoms with E-state index in [2.05, 4.69) is 20.1 Å². The summed E-state index contributed by atoms with van der Waals surface area (Å²) in [5.74, 6) is 0.807. The molecular formula is C23H31ClN6O2. The minimum atomic E-state index is -0.159. The number of hydrogen-bond acceptors (Lipinski definition) is 6. The first-order valence-electron chi connectivity index (χ1n) is 11.8. The van der Waals surface area contributed by atoms with Crippen LogP contribution in [0.5, 0.6) is 0 Å². The Morgan fingerprint density at radius 2 is 1.78 bits per heavy atom. The third kappa shape index (κ3) is 4.22. The van der Waals surface area contributed by atoms with Crippen LogP contribution in [0.4, 0.5) is 5.95 Å². The average Bonchev–Trinajstić information content (AvgIpc) is 3.30. The van der Waals surface area contributed by atoms with E-state index in [0.717, 1.165) is 69.8 Å². The minimum Gasteiger partial charge on any atom is -0.351 e. The molecule has 3 aliphatic rings. The maximum atomic E-state index is 12.8. The molecule has 3 fully saturated rings. The van der Waals surface area contributed by atoms with Gasteiger partial charge in [-0.05, 0) is 51.6 Å². The van der Waals surface area contributed by atoms with Gasteiger partial charge in [-0.25, -0.2) is 4.98 Å². The van der Waals surface area contributed by atoms with Crippen molar-refractivity contribution in [2.75, 3.05) is 32.0 Å². The van der Waals surface area contributed by atoms with Crippen molar-refractivity contribution in [2.45, 2.75) is 69.5 Å². The Kier molecular flexibility index (Phi) is 6.07. The Balaban J connectivity index is 1.30. The highest BCUT2D eigenvalue weighted by molar-refractivity contribution is 6.31. The largest absolute Gasteiger partial charge is 0.351 e. The Morgan fingerprint density at radius 3 is 2.50 bits per heavy atom. The first-order chi connectivity index (χ1) is 15.5. The van der Waals surface area contributed by atoms with Crippen molar-refractivity contribution in [3.8, 4) is 0 Å². The number of carbonyl (C=O) groups is 1. The number of pyridine rings is 1. The van der Waals surface area contributed by atoms with Crippen molar-refractivity contribution >= 4 is 34.5 Å². The summed E-state index contributed by atoms with van der Waals surface area (Å²) in [6, 6.07) is 2.43. The Hall–Kier alpha value is -2.19. The highest BCUT2D eigenvalue weighted by Gasteiger charge is 2.31. The molecular weight excluding hydrogens is 428 g/mol. The van der Waals surface area contributed by atoms with Crippen molar-refractivity contribution < 1.29 is 4.79 Å². The summed E-state index contributed by atoms with van der Waals surface area (Å²) in [5.41, 5.74) is 0.508. The van der Waals surface area contributed by atoms with Crippen LogP contribution in [0.25, 0.3) is 11.0 Å². The van der Waals surface area contributed by atoms with Gasteiger partial charge < -0.3 is 10.2 Å². The number of halogens is 1. The molecule has 1 aliphatic heterocycles. The molecule has 32 heavy (non-hydrogen) atoms. The van der Waals surface area contributed by atoms with E-state index in [4.69, 9.17) is 16.6 Å². The maximum absolute atomic E-state index is 12.8. The lowest BCUT2D eigenvalue weighted by atomic mass is 9.90. The van der Waals surface area contributed by atoms with Crippen LogP contribution >= 0.6 is 11.6 Å². The van der Waals surface area contributed by atoms with E-state index in [-0.39, 0.29) is 28.6 Å². The van der Waals surface area contributed by atoms with Gasteiger partial charge in [0, 0.05) is 42.8 Å². The number of piperazine rings is 1. The van der Waals surface area contributed by atoms with Crippen molar-refractivity contribution in [1.29, 1.82) is 0 Å². The molecule has 8 nitrogen and oxygen atoms in total. The molecule has 0 spiro atoms. The zero-order valence-electron chi connectivity index (χ0n) is 18.6. The van der Waals surface area contributed by atoms with Crippen molar-refractivity contribution in [3.63, 3.8) is 0 Å². The molecule has 0 bridgehead atoms. The summed E-state index contributed by atoms with van der Waals surface area (Å²) in [5, 5.41) is 4.51. The van der Waals surface area contributed by atoms with Gasteiger partial charge in [0.05, 0.1) is 6.54 Å². The lowest BCUT2D eigenvalue weighted by Gasteiger charge is -2.41. The van der Waals surface area contributed by atoms with Crippen LogP contribution in [0.2, 0.25) is 5.02 Å². The quantitative estimate of drug-likeness (QED) is 0.758. The molecule has 1 N–H and O–H groups in total. The number of nitrogens with zero attached hydrogens (tertiary/aromatic N) is 5. The van der Waals surface area contributed by atoms with Crippen molar-refractivity contribution in [1.82, 2.24) is 24.3 Å². The molecule has 0 radical (unpaired) electrons. The number of rotatable bonds is 4. The van der Waals surface area contributed by atoms with Crippen molar-refractivity contribution in [3.05, 3.63) is 27.6 Å². The van der Waals surface area contributed by atoms with Crippen LogP contribution in [-0.2, 0) is 4.79 Å². The van der Waals surface area contributed by atoms with Crippen LogP contribution < -0.4 is 10.9 Å². The third-order valence-corrected chi connectivity index (χ3v) is 7.61. The zero-order valence-corrected chi connectivity index (χ0v) is 19.4. The zero-order chi connectivity index (χ0) is 22.2. The maximum Gasteiger partial charge on any atom is 0.271 e.